The Labute approximate surface area is 240 Å². The van der Waals surface area contributed by atoms with Crippen molar-refractivity contribution in [2.24, 2.45) is 0 Å². The second-order valence-electron chi connectivity index (χ2n) is 9.19. The van der Waals surface area contributed by atoms with E-state index >= 15 is 0 Å². The molecule has 190 valence electrons. The third kappa shape index (κ3) is 4.43. The standard InChI is InChI=1S/C34H22N3O.Pt/c38-33-18-7-5-15-29(33)31-22-25(23-10-2-1-3-11-23)21-30(36-31)24-12-8-13-26(20-24)37-32-17-6-4-14-27(32)28-16-9-19-35-34(28)37;/h1-19,21-22,38H;/q-1;. The second kappa shape index (κ2) is 10.3. The number of pyridine rings is 2. The zero-order valence-corrected chi connectivity index (χ0v) is 23.0. The normalized spacial score (nSPS) is 11.0. The molecule has 1 N–H and O–H groups in total. The molecule has 7 rings (SSSR count). The molecule has 7 aromatic rings. The van der Waals surface area contributed by atoms with E-state index in [4.69, 9.17) is 9.97 Å². The van der Waals surface area contributed by atoms with Crippen LogP contribution in [0.25, 0.3) is 61.3 Å². The van der Waals surface area contributed by atoms with Crippen LogP contribution in [-0.2, 0) is 21.1 Å². The summed E-state index contributed by atoms with van der Waals surface area (Å²) in [4.78, 5) is 9.71. The number of hydrogen-bond donors (Lipinski definition) is 1. The summed E-state index contributed by atoms with van der Waals surface area (Å²) in [6.45, 7) is 0. The molecular weight excluding hydrogens is 661 g/mol. The van der Waals surface area contributed by atoms with Gasteiger partial charge in [0.25, 0.3) is 0 Å². The molecule has 0 saturated heterocycles. The van der Waals surface area contributed by atoms with E-state index in [1.165, 1.54) is 0 Å². The third-order valence-corrected chi connectivity index (χ3v) is 6.84. The molecule has 0 spiro atoms. The minimum absolute atomic E-state index is 0. The second-order valence-corrected chi connectivity index (χ2v) is 9.19. The maximum absolute atomic E-state index is 10.6. The van der Waals surface area contributed by atoms with Crippen LogP contribution in [0.15, 0.2) is 128 Å². The molecule has 0 fully saturated rings. The van der Waals surface area contributed by atoms with Gasteiger partial charge in [0, 0.05) is 43.6 Å². The molecule has 0 radical (unpaired) electrons. The summed E-state index contributed by atoms with van der Waals surface area (Å²) in [6.07, 6.45) is 1.82. The molecule has 3 heterocycles. The molecule has 0 bridgehead atoms. The van der Waals surface area contributed by atoms with Crippen LogP contribution >= 0.6 is 0 Å². The van der Waals surface area contributed by atoms with Crippen LogP contribution in [0.2, 0.25) is 0 Å². The molecule has 0 saturated carbocycles. The molecule has 4 nitrogen and oxygen atoms in total. The Bertz CT molecular complexity index is 1890. The SMILES string of the molecule is Oc1ccccc1-c1cc(-c2ccccc2)cc(-c2[c-]c(-n3c4ccccc4c4cccnc43)ccc2)n1.[Pt]. The first-order chi connectivity index (χ1) is 18.8. The number of nitrogens with zero attached hydrogens (tertiary/aromatic N) is 3. The Morgan fingerprint density at radius 2 is 1.38 bits per heavy atom. The summed E-state index contributed by atoms with van der Waals surface area (Å²) in [5.74, 6) is 0.199. The van der Waals surface area contributed by atoms with Crippen molar-refractivity contribution in [3.63, 3.8) is 0 Å². The summed E-state index contributed by atoms with van der Waals surface area (Å²) < 4.78 is 2.15. The predicted octanol–water partition coefficient (Wildman–Crippen LogP) is 8.08. The van der Waals surface area contributed by atoms with Crippen LogP contribution in [0.3, 0.4) is 0 Å². The molecule has 0 aliphatic heterocycles. The predicted molar refractivity (Wildman–Crippen MR) is 153 cm³/mol. The Kier molecular flexibility index (Phi) is 6.56. The summed E-state index contributed by atoms with van der Waals surface area (Å²) in [5.41, 5.74) is 7.99. The van der Waals surface area contributed by atoms with E-state index in [2.05, 4.69) is 59.2 Å². The van der Waals surface area contributed by atoms with Gasteiger partial charge in [-0.05, 0) is 58.9 Å². The van der Waals surface area contributed by atoms with E-state index in [1.807, 2.05) is 72.9 Å². The van der Waals surface area contributed by atoms with Gasteiger partial charge < -0.3 is 9.67 Å². The molecule has 0 aliphatic rings. The molecule has 0 aliphatic carbocycles. The number of phenols is 1. The Hall–Kier alpha value is -4.53. The van der Waals surface area contributed by atoms with Gasteiger partial charge in [0.15, 0.2) is 0 Å². The molecule has 4 aromatic carbocycles. The molecule has 5 heteroatoms. The number of para-hydroxylation sites is 2. The van der Waals surface area contributed by atoms with Crippen LogP contribution in [0.1, 0.15) is 0 Å². The first kappa shape index (κ1) is 24.8. The van der Waals surface area contributed by atoms with Crippen molar-refractivity contribution in [2.45, 2.75) is 0 Å². The van der Waals surface area contributed by atoms with Gasteiger partial charge in [-0.3, -0.25) is 4.98 Å². The van der Waals surface area contributed by atoms with E-state index < -0.39 is 0 Å². The van der Waals surface area contributed by atoms with Crippen molar-refractivity contribution < 1.29 is 26.2 Å². The van der Waals surface area contributed by atoms with Crippen molar-refractivity contribution >= 4 is 21.9 Å². The third-order valence-electron chi connectivity index (χ3n) is 6.84. The van der Waals surface area contributed by atoms with Crippen LogP contribution in [0.4, 0.5) is 0 Å². The van der Waals surface area contributed by atoms with Crippen molar-refractivity contribution in [2.75, 3.05) is 0 Å². The molecule has 39 heavy (non-hydrogen) atoms. The minimum Gasteiger partial charge on any atom is -0.507 e. The zero-order chi connectivity index (χ0) is 25.5. The summed E-state index contributed by atoms with van der Waals surface area (Å²) in [7, 11) is 0. The Balaban J connectivity index is 0.00000277. The summed E-state index contributed by atoms with van der Waals surface area (Å²) in [5, 5.41) is 12.9. The maximum Gasteiger partial charge on any atom is 0.144 e. The van der Waals surface area contributed by atoms with Crippen LogP contribution in [0.5, 0.6) is 5.75 Å². The molecule has 0 unspecified atom stereocenters. The number of fused-ring (bicyclic) bond motifs is 3. The van der Waals surface area contributed by atoms with Gasteiger partial charge in [-0.15, -0.1) is 29.8 Å². The van der Waals surface area contributed by atoms with Crippen LogP contribution < -0.4 is 0 Å². The number of aromatic nitrogens is 3. The van der Waals surface area contributed by atoms with Gasteiger partial charge in [-0.1, -0.05) is 66.7 Å². The van der Waals surface area contributed by atoms with Crippen LogP contribution in [-0.4, -0.2) is 19.6 Å². The van der Waals surface area contributed by atoms with Gasteiger partial charge in [-0.2, -0.15) is 0 Å². The van der Waals surface area contributed by atoms with Crippen molar-refractivity contribution in [1.29, 1.82) is 0 Å². The van der Waals surface area contributed by atoms with E-state index in [0.717, 1.165) is 50.0 Å². The fourth-order valence-electron chi connectivity index (χ4n) is 5.07. The number of hydrogen-bond acceptors (Lipinski definition) is 3. The monoisotopic (exact) mass is 683 g/mol. The van der Waals surface area contributed by atoms with Gasteiger partial charge in [0.05, 0.1) is 11.2 Å². The van der Waals surface area contributed by atoms with E-state index in [9.17, 15) is 5.11 Å². The van der Waals surface area contributed by atoms with E-state index in [0.29, 0.717) is 11.3 Å². The smallest absolute Gasteiger partial charge is 0.144 e. The van der Waals surface area contributed by atoms with Crippen molar-refractivity contribution in [1.82, 2.24) is 14.5 Å². The molecular formula is C34H22N3OPt-. The first-order valence-corrected chi connectivity index (χ1v) is 12.5. The van der Waals surface area contributed by atoms with Crippen LogP contribution in [0, 0.1) is 6.07 Å². The Morgan fingerprint density at radius 3 is 2.26 bits per heavy atom. The largest absolute Gasteiger partial charge is 0.507 e. The van der Waals surface area contributed by atoms with E-state index in [1.54, 1.807) is 6.07 Å². The van der Waals surface area contributed by atoms with Gasteiger partial charge in [0.2, 0.25) is 0 Å². The molecule has 3 aromatic heterocycles. The zero-order valence-electron chi connectivity index (χ0n) is 20.7. The van der Waals surface area contributed by atoms with Gasteiger partial charge in [-0.25, -0.2) is 4.98 Å². The Morgan fingerprint density at radius 1 is 0.641 bits per heavy atom. The minimum atomic E-state index is 0. The number of aromatic hydroxyl groups is 1. The first-order valence-electron chi connectivity index (χ1n) is 12.5. The summed E-state index contributed by atoms with van der Waals surface area (Å²) in [6, 6.07) is 43.8. The number of rotatable bonds is 4. The fourth-order valence-corrected chi connectivity index (χ4v) is 5.07. The number of phenolic OH excluding ortho intramolecular Hbond substituents is 1. The average Bonchev–Trinajstić information content (AvgIpc) is 3.32. The van der Waals surface area contributed by atoms with Crippen molar-refractivity contribution in [3.8, 4) is 45.1 Å². The molecule has 0 amide bonds. The summed E-state index contributed by atoms with van der Waals surface area (Å²) >= 11 is 0. The topological polar surface area (TPSA) is 50.9 Å². The maximum atomic E-state index is 10.6. The van der Waals surface area contributed by atoms with Gasteiger partial charge in [0.1, 0.15) is 11.4 Å². The van der Waals surface area contributed by atoms with Crippen molar-refractivity contribution in [3.05, 3.63) is 134 Å². The van der Waals surface area contributed by atoms with E-state index in [-0.39, 0.29) is 26.8 Å². The quantitative estimate of drug-likeness (QED) is 0.191. The molecule has 0 atom stereocenters. The fraction of sp³-hybridized carbons (Fsp3) is 0. The average molecular weight is 684 g/mol. The number of benzene rings is 4. The van der Waals surface area contributed by atoms with Gasteiger partial charge >= 0.3 is 0 Å².